The highest BCUT2D eigenvalue weighted by molar-refractivity contribution is 7.82. The second kappa shape index (κ2) is 9.02. The number of nitrogens with one attached hydrogen (secondary N) is 2. The van der Waals surface area contributed by atoms with Gasteiger partial charge in [0.05, 0.1) is 22.1 Å². The summed E-state index contributed by atoms with van der Waals surface area (Å²) in [6, 6.07) is 13.2. The number of carbonyl (C=O) groups excluding carboxylic acids is 2. The van der Waals surface area contributed by atoms with E-state index in [-0.39, 0.29) is 11.4 Å². The van der Waals surface area contributed by atoms with Crippen LogP contribution in [0.25, 0.3) is 0 Å². The maximum absolute atomic E-state index is 13.7. The van der Waals surface area contributed by atoms with E-state index in [1.54, 1.807) is 18.2 Å². The third kappa shape index (κ3) is 4.64. The molecule has 30 heavy (non-hydrogen) atoms. The number of benzene rings is 3. The smallest absolute Gasteiger partial charge is 0.336 e. The van der Waals surface area contributed by atoms with E-state index >= 15 is 0 Å². The van der Waals surface area contributed by atoms with Crippen molar-refractivity contribution in [2.75, 3.05) is 20.7 Å². The predicted molar refractivity (Wildman–Crippen MR) is 117 cm³/mol. The van der Waals surface area contributed by atoms with Crippen molar-refractivity contribution in [3.8, 4) is 0 Å². The minimum Gasteiger partial charge on any atom is -0.396 e. The average Bonchev–Trinajstić information content (AvgIpc) is 2.71. The molecule has 4 N–H and O–H groups in total. The van der Waals surface area contributed by atoms with Crippen LogP contribution >= 0.6 is 24.4 Å². The summed E-state index contributed by atoms with van der Waals surface area (Å²) >= 11 is 10.1. The summed E-state index contributed by atoms with van der Waals surface area (Å²) in [6.07, 6.45) is 0. The number of thiol groups is 1. The summed E-state index contributed by atoms with van der Waals surface area (Å²) in [7, 11) is 0. The Morgan fingerprint density at radius 1 is 0.933 bits per heavy atom. The Hall–Kier alpha value is -3.30. The molecule has 0 fully saturated rings. The Balaban J connectivity index is 1.69. The molecule has 0 unspecified atom stereocenters. The molecule has 0 radical (unpaired) electrons. The summed E-state index contributed by atoms with van der Waals surface area (Å²) < 4.78 is 28.4. The first-order valence-corrected chi connectivity index (χ1v) is 9.25. The van der Waals surface area contributed by atoms with E-state index in [0.29, 0.717) is 16.4 Å². The van der Waals surface area contributed by atoms with Gasteiger partial charge in [0.2, 0.25) is 0 Å². The molecule has 0 aliphatic rings. The van der Waals surface area contributed by atoms with E-state index in [4.69, 9.17) is 17.3 Å². The van der Waals surface area contributed by atoms with Gasteiger partial charge in [-0.3, -0.25) is 4.79 Å². The van der Waals surface area contributed by atoms with Crippen LogP contribution in [0.4, 0.5) is 36.3 Å². The number of hydrogen-bond acceptors (Lipinski definition) is 4. The lowest BCUT2D eigenvalue weighted by molar-refractivity contribution is 0.101. The van der Waals surface area contributed by atoms with E-state index in [2.05, 4.69) is 23.4 Å². The molecule has 0 saturated heterocycles. The number of urea groups is 1. The summed E-state index contributed by atoms with van der Waals surface area (Å²) in [6.45, 7) is 0. The fourth-order valence-electron chi connectivity index (χ4n) is 2.53. The first kappa shape index (κ1) is 21.4. The molecule has 10 heteroatoms. The van der Waals surface area contributed by atoms with Crippen LogP contribution in [0.2, 0.25) is 5.02 Å². The van der Waals surface area contributed by atoms with Gasteiger partial charge < -0.3 is 16.4 Å². The SMILES string of the molecule is Nc1c(Cl)cccc1NC(=O)N(S)c1ccc(NC(=O)c2c(F)cccc2F)cc1. The zero-order valence-corrected chi connectivity index (χ0v) is 16.8. The summed E-state index contributed by atoms with van der Waals surface area (Å²) in [4.78, 5) is 24.5. The molecule has 3 aromatic rings. The maximum Gasteiger partial charge on any atom is 0.336 e. The van der Waals surface area contributed by atoms with Crippen molar-refractivity contribution in [1.82, 2.24) is 0 Å². The number of nitrogens with zero attached hydrogens (tertiary/aromatic N) is 1. The Labute approximate surface area is 181 Å². The molecule has 0 bridgehead atoms. The molecule has 6 nitrogen and oxygen atoms in total. The monoisotopic (exact) mass is 448 g/mol. The van der Waals surface area contributed by atoms with Gasteiger partial charge in [-0.1, -0.05) is 36.5 Å². The van der Waals surface area contributed by atoms with Crippen LogP contribution in [0, 0.1) is 11.6 Å². The number of nitrogens with two attached hydrogens (primary N) is 1. The number of carbonyl (C=O) groups is 2. The van der Waals surface area contributed by atoms with Crippen LogP contribution in [0.5, 0.6) is 0 Å². The topological polar surface area (TPSA) is 87.5 Å². The third-order valence-corrected chi connectivity index (χ3v) is 4.79. The fourth-order valence-corrected chi connectivity index (χ4v) is 2.88. The normalized spacial score (nSPS) is 10.4. The van der Waals surface area contributed by atoms with Crippen molar-refractivity contribution in [2.45, 2.75) is 0 Å². The number of hydrogen-bond donors (Lipinski definition) is 4. The molecule has 0 heterocycles. The molecular formula is C20H15ClF2N4O2S. The van der Waals surface area contributed by atoms with Gasteiger partial charge in [0, 0.05) is 5.69 Å². The fraction of sp³-hybridized carbons (Fsp3) is 0. The Morgan fingerprint density at radius 3 is 2.17 bits per heavy atom. The molecule has 3 amide bonds. The van der Waals surface area contributed by atoms with E-state index in [1.807, 2.05) is 0 Å². The van der Waals surface area contributed by atoms with Crippen LogP contribution < -0.4 is 20.7 Å². The molecule has 0 aliphatic heterocycles. The van der Waals surface area contributed by atoms with Gasteiger partial charge in [-0.05, 0) is 48.5 Å². The second-order valence-corrected chi connectivity index (χ2v) is 6.85. The van der Waals surface area contributed by atoms with Crippen molar-refractivity contribution < 1.29 is 18.4 Å². The molecule has 0 atom stereocenters. The second-order valence-electron chi connectivity index (χ2n) is 6.04. The number of anilines is 4. The summed E-state index contributed by atoms with van der Waals surface area (Å²) in [5, 5.41) is 5.27. The van der Waals surface area contributed by atoms with Crippen LogP contribution in [-0.2, 0) is 0 Å². The summed E-state index contributed by atoms with van der Waals surface area (Å²) in [5.74, 6) is -2.87. The molecule has 0 aliphatic carbocycles. The van der Waals surface area contributed by atoms with E-state index < -0.39 is 29.1 Å². The molecule has 0 saturated carbocycles. The quantitative estimate of drug-likeness (QED) is 0.321. The zero-order chi connectivity index (χ0) is 21.8. The highest BCUT2D eigenvalue weighted by Gasteiger charge is 2.18. The zero-order valence-electron chi connectivity index (χ0n) is 15.2. The highest BCUT2D eigenvalue weighted by Crippen LogP contribution is 2.28. The van der Waals surface area contributed by atoms with Gasteiger partial charge in [0.15, 0.2) is 0 Å². The van der Waals surface area contributed by atoms with Gasteiger partial charge in [-0.25, -0.2) is 17.9 Å². The number of halogens is 3. The van der Waals surface area contributed by atoms with Crippen molar-refractivity contribution in [2.24, 2.45) is 0 Å². The Bertz CT molecular complexity index is 1090. The van der Waals surface area contributed by atoms with Crippen molar-refractivity contribution in [1.29, 1.82) is 0 Å². The number of para-hydroxylation sites is 1. The lowest BCUT2D eigenvalue weighted by Crippen LogP contribution is -2.27. The van der Waals surface area contributed by atoms with Gasteiger partial charge >= 0.3 is 6.03 Å². The minimum absolute atomic E-state index is 0.215. The molecule has 154 valence electrons. The first-order valence-electron chi connectivity index (χ1n) is 8.47. The van der Waals surface area contributed by atoms with Crippen LogP contribution in [0.15, 0.2) is 60.7 Å². The number of rotatable bonds is 4. The third-order valence-electron chi connectivity index (χ3n) is 4.05. The standard InChI is InChI=1S/C20H15ClF2N4O2S/c21-13-3-1-6-16(18(13)24)26-20(29)27(30)12-9-7-11(8-10-12)25-19(28)17-14(22)4-2-5-15(17)23/h1-10,30H,24H2,(H,25,28)(H,26,29). The van der Waals surface area contributed by atoms with Crippen LogP contribution in [0.1, 0.15) is 10.4 Å². The Morgan fingerprint density at radius 2 is 1.53 bits per heavy atom. The van der Waals surface area contributed by atoms with Gasteiger partial charge in [0.25, 0.3) is 5.91 Å². The molecule has 3 rings (SSSR count). The molecular weight excluding hydrogens is 434 g/mol. The van der Waals surface area contributed by atoms with E-state index in [9.17, 15) is 18.4 Å². The molecule has 3 aromatic carbocycles. The molecule has 0 spiro atoms. The van der Waals surface area contributed by atoms with Gasteiger partial charge in [0.1, 0.15) is 17.2 Å². The van der Waals surface area contributed by atoms with Crippen LogP contribution in [-0.4, -0.2) is 11.9 Å². The van der Waals surface area contributed by atoms with E-state index in [0.717, 1.165) is 16.4 Å². The molecule has 0 aromatic heterocycles. The first-order chi connectivity index (χ1) is 14.3. The lowest BCUT2D eigenvalue weighted by Gasteiger charge is -2.18. The maximum atomic E-state index is 13.7. The van der Waals surface area contributed by atoms with E-state index in [1.165, 1.54) is 30.3 Å². The predicted octanol–water partition coefficient (Wildman–Crippen LogP) is 5.34. The van der Waals surface area contributed by atoms with Crippen molar-refractivity contribution >= 4 is 59.1 Å². The minimum atomic E-state index is -0.970. The number of amides is 3. The van der Waals surface area contributed by atoms with Crippen LogP contribution in [0.3, 0.4) is 0 Å². The summed E-state index contributed by atoms with van der Waals surface area (Å²) in [5.41, 5.74) is 6.31. The van der Waals surface area contributed by atoms with Gasteiger partial charge in [-0.2, -0.15) is 0 Å². The van der Waals surface area contributed by atoms with Crippen molar-refractivity contribution in [3.05, 3.63) is 82.9 Å². The largest absolute Gasteiger partial charge is 0.396 e. The highest BCUT2D eigenvalue weighted by atomic mass is 35.5. The lowest BCUT2D eigenvalue weighted by atomic mass is 10.1. The van der Waals surface area contributed by atoms with Crippen molar-refractivity contribution in [3.63, 3.8) is 0 Å². The van der Waals surface area contributed by atoms with Gasteiger partial charge in [-0.15, -0.1) is 0 Å². The Kier molecular flexibility index (Phi) is 6.43. The number of nitrogen functional groups attached to an aromatic ring is 1. The average molecular weight is 449 g/mol.